The fourth-order valence-corrected chi connectivity index (χ4v) is 3.15. The molecule has 0 saturated carbocycles. The lowest BCUT2D eigenvalue weighted by Crippen LogP contribution is -2.39. The van der Waals surface area contributed by atoms with E-state index in [9.17, 15) is 50.4 Å². The molecule has 0 radical (unpaired) electrons. The highest BCUT2D eigenvalue weighted by atomic mass is 32.1. The van der Waals surface area contributed by atoms with Gasteiger partial charge >= 0.3 is 5.97 Å². The Morgan fingerprint density at radius 3 is 1.53 bits per heavy atom. The Morgan fingerprint density at radius 2 is 1.25 bits per heavy atom. The fraction of sp³-hybridized carbons (Fsp3) is 0.188. The number of anilines is 2. The van der Waals surface area contributed by atoms with E-state index in [-0.39, 0.29) is 12.2 Å². The number of carboxylic acid groups (broad SMARTS) is 1. The third-order valence-electron chi connectivity index (χ3n) is 4.25. The molecular formula is C16H13N5O10S. The van der Waals surface area contributed by atoms with Crippen molar-refractivity contribution in [2.45, 2.75) is 12.5 Å². The summed E-state index contributed by atoms with van der Waals surface area (Å²) in [5, 5.41) is 55.0. The molecule has 0 saturated heterocycles. The van der Waals surface area contributed by atoms with Gasteiger partial charge in [-0.2, -0.15) is 12.6 Å². The summed E-state index contributed by atoms with van der Waals surface area (Å²) in [6.45, 7) is 0. The first-order valence-corrected chi connectivity index (χ1v) is 9.11. The second kappa shape index (κ2) is 9.65. The molecule has 0 heterocycles. The van der Waals surface area contributed by atoms with Crippen molar-refractivity contribution >= 4 is 52.7 Å². The molecule has 15 nitrogen and oxygen atoms in total. The number of nitrogens with zero attached hydrogens (tertiary/aromatic N) is 5. The maximum atomic E-state index is 12.0. The average molecular weight is 467 g/mol. The number of hydrogen-bond acceptors (Lipinski definition) is 11. The normalized spacial score (nSPS) is 11.4. The molecule has 1 N–H and O–H groups in total. The minimum atomic E-state index is -1.63. The summed E-state index contributed by atoms with van der Waals surface area (Å²) in [6.07, 6.45) is -0.249. The number of benzene rings is 2. The molecule has 32 heavy (non-hydrogen) atoms. The van der Waals surface area contributed by atoms with Crippen LogP contribution in [0.3, 0.4) is 0 Å². The molecule has 0 amide bonds. The minimum Gasteiger partial charge on any atom is -0.480 e. The predicted octanol–water partition coefficient (Wildman–Crippen LogP) is 3.23. The first-order valence-electron chi connectivity index (χ1n) is 8.48. The summed E-state index contributed by atoms with van der Waals surface area (Å²) >= 11 is 3.96. The van der Waals surface area contributed by atoms with Gasteiger partial charge in [0.05, 0.1) is 31.8 Å². The second-order valence-corrected chi connectivity index (χ2v) is 6.56. The summed E-state index contributed by atoms with van der Waals surface area (Å²) < 4.78 is 0. The quantitative estimate of drug-likeness (QED) is 0.294. The highest BCUT2D eigenvalue weighted by Crippen LogP contribution is 2.43. The van der Waals surface area contributed by atoms with Crippen LogP contribution in [-0.4, -0.2) is 42.6 Å². The van der Waals surface area contributed by atoms with Crippen molar-refractivity contribution in [1.82, 2.24) is 0 Å². The van der Waals surface area contributed by atoms with Gasteiger partial charge in [-0.05, 0) is 24.3 Å². The Labute approximate surface area is 182 Å². The van der Waals surface area contributed by atoms with Gasteiger partial charge in [0.25, 0.3) is 22.7 Å². The topological polar surface area (TPSA) is 213 Å². The zero-order valence-corrected chi connectivity index (χ0v) is 16.7. The Bertz CT molecular complexity index is 1050. The number of rotatable bonds is 10. The molecule has 0 aliphatic rings. The van der Waals surface area contributed by atoms with Crippen LogP contribution in [0.15, 0.2) is 36.4 Å². The highest BCUT2D eigenvalue weighted by Gasteiger charge is 2.36. The van der Waals surface area contributed by atoms with E-state index in [1.54, 1.807) is 0 Å². The third-order valence-corrected chi connectivity index (χ3v) is 4.51. The second-order valence-electron chi connectivity index (χ2n) is 6.11. The zero-order chi connectivity index (χ0) is 24.2. The van der Waals surface area contributed by atoms with Crippen LogP contribution < -0.4 is 4.90 Å². The Balaban J connectivity index is 2.92. The standard InChI is InChI=1S/C16H13N5O10S/c22-16(23)13(5-6-32)17(11-3-1-9(18(24)25)7-14(11)20(28)29)12-4-2-10(19(26)27)8-15(12)21(30)31/h1-4,7-8,13,32H,5-6H2,(H,22,23)/t13-/m1/s1. The van der Waals surface area contributed by atoms with Crippen molar-refractivity contribution in [3.8, 4) is 0 Å². The van der Waals surface area contributed by atoms with Crippen molar-refractivity contribution in [2.24, 2.45) is 0 Å². The monoisotopic (exact) mass is 467 g/mol. The van der Waals surface area contributed by atoms with Crippen molar-refractivity contribution in [3.05, 3.63) is 76.9 Å². The zero-order valence-electron chi connectivity index (χ0n) is 15.8. The van der Waals surface area contributed by atoms with Crippen LogP contribution >= 0.6 is 12.6 Å². The Morgan fingerprint density at radius 1 is 0.844 bits per heavy atom. The number of thiol groups is 1. The third kappa shape index (κ3) is 4.86. The molecule has 0 aliphatic heterocycles. The molecule has 0 aromatic heterocycles. The van der Waals surface area contributed by atoms with Gasteiger partial charge in [0.15, 0.2) is 0 Å². The van der Waals surface area contributed by atoms with Gasteiger partial charge < -0.3 is 10.0 Å². The molecule has 0 spiro atoms. The summed E-state index contributed by atoms with van der Waals surface area (Å²) in [5.41, 5.74) is -4.10. The Kier molecular flexibility index (Phi) is 7.21. The summed E-state index contributed by atoms with van der Waals surface area (Å²) in [4.78, 5) is 54.2. The summed E-state index contributed by atoms with van der Waals surface area (Å²) in [7, 11) is 0. The van der Waals surface area contributed by atoms with Crippen LogP contribution in [0.5, 0.6) is 0 Å². The SMILES string of the molecule is O=C(O)[C@@H](CCS)N(c1ccc([N+](=O)[O-])cc1[N+](=O)[O-])c1ccc([N+](=O)[O-])cc1[N+](=O)[O-]. The van der Waals surface area contributed by atoms with Crippen molar-refractivity contribution in [1.29, 1.82) is 0 Å². The van der Waals surface area contributed by atoms with Crippen molar-refractivity contribution in [3.63, 3.8) is 0 Å². The van der Waals surface area contributed by atoms with Gasteiger partial charge in [-0.25, -0.2) is 4.79 Å². The summed E-state index contributed by atoms with van der Waals surface area (Å²) in [6, 6.07) is 3.04. The van der Waals surface area contributed by atoms with Gasteiger partial charge in [0.2, 0.25) is 0 Å². The van der Waals surface area contributed by atoms with Crippen molar-refractivity contribution in [2.75, 3.05) is 10.7 Å². The number of hydrogen-bond donors (Lipinski definition) is 2. The van der Waals surface area contributed by atoms with Gasteiger partial charge in [-0.3, -0.25) is 40.5 Å². The molecule has 2 rings (SSSR count). The first-order chi connectivity index (χ1) is 15.0. The maximum absolute atomic E-state index is 12.0. The molecule has 1 atom stereocenters. The van der Waals surface area contributed by atoms with Crippen LogP contribution in [0, 0.1) is 40.5 Å². The molecule has 0 unspecified atom stereocenters. The number of carboxylic acids is 1. The average Bonchev–Trinajstić information content (AvgIpc) is 2.72. The number of aliphatic carboxylic acids is 1. The number of non-ortho nitro benzene ring substituents is 2. The molecule has 168 valence electrons. The molecule has 2 aromatic carbocycles. The molecule has 0 bridgehead atoms. The smallest absolute Gasteiger partial charge is 0.326 e. The van der Waals surface area contributed by atoms with E-state index in [1.165, 1.54) is 0 Å². The van der Waals surface area contributed by atoms with Gasteiger partial charge in [-0.1, -0.05) is 0 Å². The largest absolute Gasteiger partial charge is 0.480 e. The van der Waals surface area contributed by atoms with E-state index in [4.69, 9.17) is 0 Å². The molecule has 2 aromatic rings. The van der Waals surface area contributed by atoms with E-state index >= 15 is 0 Å². The van der Waals surface area contributed by atoms with Crippen LogP contribution in [0.1, 0.15) is 6.42 Å². The Hall–Kier alpha value is -4.34. The minimum absolute atomic E-state index is 0.0466. The molecular weight excluding hydrogens is 454 g/mol. The van der Waals surface area contributed by atoms with Gasteiger partial charge in [-0.15, -0.1) is 0 Å². The van der Waals surface area contributed by atoms with Gasteiger partial charge in [0, 0.05) is 12.1 Å². The van der Waals surface area contributed by atoms with E-state index in [0.717, 1.165) is 29.2 Å². The van der Waals surface area contributed by atoms with E-state index < -0.39 is 65.8 Å². The van der Waals surface area contributed by atoms with Crippen molar-refractivity contribution < 1.29 is 29.6 Å². The molecule has 0 aliphatic carbocycles. The summed E-state index contributed by atoms with van der Waals surface area (Å²) in [5.74, 6) is -1.57. The first kappa shape index (κ1) is 23.9. The van der Waals surface area contributed by atoms with Crippen LogP contribution in [0.2, 0.25) is 0 Å². The van der Waals surface area contributed by atoms with E-state index in [0.29, 0.717) is 12.1 Å². The lowest BCUT2D eigenvalue weighted by atomic mass is 10.1. The van der Waals surface area contributed by atoms with Crippen LogP contribution in [0.4, 0.5) is 34.1 Å². The lowest BCUT2D eigenvalue weighted by Gasteiger charge is -2.30. The number of nitro benzene ring substituents is 4. The molecule has 0 fully saturated rings. The predicted molar refractivity (Wildman–Crippen MR) is 112 cm³/mol. The van der Waals surface area contributed by atoms with E-state index in [2.05, 4.69) is 12.6 Å². The van der Waals surface area contributed by atoms with Crippen LogP contribution in [-0.2, 0) is 4.79 Å². The van der Waals surface area contributed by atoms with Crippen LogP contribution in [0.25, 0.3) is 0 Å². The molecule has 16 heteroatoms. The van der Waals surface area contributed by atoms with Gasteiger partial charge in [0.1, 0.15) is 17.4 Å². The fourth-order valence-electron chi connectivity index (χ4n) is 2.90. The number of nitro groups is 4. The van der Waals surface area contributed by atoms with E-state index in [1.807, 2.05) is 0 Å². The maximum Gasteiger partial charge on any atom is 0.326 e. The highest BCUT2D eigenvalue weighted by molar-refractivity contribution is 7.80. The lowest BCUT2D eigenvalue weighted by molar-refractivity contribution is -0.393. The number of carbonyl (C=O) groups is 1.